The lowest BCUT2D eigenvalue weighted by atomic mass is 10.2. The van der Waals surface area contributed by atoms with E-state index in [1.807, 2.05) is 10.7 Å². The van der Waals surface area contributed by atoms with Crippen LogP contribution in [0.4, 0.5) is 4.39 Å². The van der Waals surface area contributed by atoms with Gasteiger partial charge in [0.25, 0.3) is 5.56 Å². The van der Waals surface area contributed by atoms with Crippen molar-refractivity contribution in [2.75, 3.05) is 7.11 Å². The smallest absolute Gasteiger partial charge is 0.287 e. The minimum absolute atomic E-state index is 0.257. The topological polar surface area (TPSA) is 49.0 Å². The lowest BCUT2D eigenvalue weighted by molar-refractivity contribution is 0.402. The highest BCUT2D eigenvalue weighted by Gasteiger charge is 2.15. The van der Waals surface area contributed by atoms with Crippen LogP contribution in [-0.4, -0.2) is 21.5 Å². The van der Waals surface area contributed by atoms with Crippen LogP contribution in [0.3, 0.4) is 0 Å². The highest BCUT2D eigenvalue weighted by atomic mass is 19.1. The molecule has 1 aliphatic heterocycles. The summed E-state index contributed by atoms with van der Waals surface area (Å²) < 4.78 is 21.6. The number of pyridine rings is 1. The van der Waals surface area contributed by atoms with Crippen LogP contribution in [-0.2, 0) is 19.5 Å². The summed E-state index contributed by atoms with van der Waals surface area (Å²) in [4.78, 5) is 11.7. The highest BCUT2D eigenvalue weighted by Crippen LogP contribution is 2.16. The highest BCUT2D eigenvalue weighted by molar-refractivity contribution is 5.20. The van der Waals surface area contributed by atoms with Crippen molar-refractivity contribution in [1.29, 1.82) is 0 Å². The van der Waals surface area contributed by atoms with E-state index in [1.54, 1.807) is 0 Å². The molecule has 0 bridgehead atoms. The van der Waals surface area contributed by atoms with Gasteiger partial charge in [0.15, 0.2) is 5.82 Å². The predicted molar refractivity (Wildman–Crippen MR) is 66.9 cm³/mol. The molecule has 2 aromatic rings. The average molecular weight is 263 g/mol. The third-order valence-electron chi connectivity index (χ3n) is 3.30. The summed E-state index contributed by atoms with van der Waals surface area (Å²) >= 11 is 0. The Balaban J connectivity index is 1.94. The summed E-state index contributed by atoms with van der Waals surface area (Å²) in [5.74, 6) is -0.491. The first-order chi connectivity index (χ1) is 9.17. The van der Waals surface area contributed by atoms with Crippen LogP contribution in [0.1, 0.15) is 17.8 Å². The van der Waals surface area contributed by atoms with E-state index in [9.17, 15) is 9.18 Å². The summed E-state index contributed by atoms with van der Waals surface area (Å²) in [5, 5.41) is 4.41. The maximum absolute atomic E-state index is 13.5. The third kappa shape index (κ3) is 2.14. The fourth-order valence-corrected chi connectivity index (χ4v) is 2.37. The number of methoxy groups -OCH3 is 1. The lowest BCUT2D eigenvalue weighted by Gasteiger charge is -2.06. The number of halogens is 1. The number of aryl methyl sites for hydroxylation is 2. The number of hydrogen-bond acceptors (Lipinski definition) is 3. The van der Waals surface area contributed by atoms with Crippen molar-refractivity contribution in [3.05, 3.63) is 45.9 Å². The van der Waals surface area contributed by atoms with Gasteiger partial charge in [0.2, 0.25) is 0 Å². The molecule has 0 unspecified atom stereocenters. The van der Waals surface area contributed by atoms with Crippen molar-refractivity contribution in [2.24, 2.45) is 0 Å². The van der Waals surface area contributed by atoms with Crippen molar-refractivity contribution in [2.45, 2.75) is 25.9 Å². The Morgan fingerprint density at radius 3 is 3.05 bits per heavy atom. The zero-order valence-corrected chi connectivity index (χ0v) is 10.6. The minimum Gasteiger partial charge on any atom is -0.495 e. The third-order valence-corrected chi connectivity index (χ3v) is 3.30. The number of nitrogens with zero attached hydrogens (tertiary/aromatic N) is 3. The molecule has 0 N–H and O–H groups in total. The molecule has 0 radical (unpaired) electrons. The molecular formula is C13H14FN3O2. The first-order valence-electron chi connectivity index (χ1n) is 6.17. The standard InChI is InChI=1S/C13H14FN3O2/c1-19-11-6-12(14)13(18)16(8-11)7-9-5-10-3-2-4-17(10)15-9/h5-6,8H,2-4,7H2,1H3. The Morgan fingerprint density at radius 1 is 1.47 bits per heavy atom. The first kappa shape index (κ1) is 12.0. The minimum atomic E-state index is -0.814. The SMILES string of the molecule is COc1cc(F)c(=O)n(Cc2cc3n(n2)CCC3)c1. The molecule has 0 amide bonds. The fraction of sp³-hybridized carbons (Fsp3) is 0.385. The van der Waals surface area contributed by atoms with Crippen LogP contribution in [0.2, 0.25) is 0 Å². The summed E-state index contributed by atoms with van der Waals surface area (Å²) in [6.07, 6.45) is 3.61. The van der Waals surface area contributed by atoms with E-state index in [4.69, 9.17) is 4.74 Å². The molecule has 0 aliphatic carbocycles. The molecule has 0 fully saturated rings. The van der Waals surface area contributed by atoms with Gasteiger partial charge in [0.05, 0.1) is 19.3 Å². The van der Waals surface area contributed by atoms with Crippen molar-refractivity contribution in [1.82, 2.24) is 14.3 Å². The average Bonchev–Trinajstić information content (AvgIpc) is 2.95. The molecule has 3 heterocycles. The molecule has 0 atom stereocenters. The van der Waals surface area contributed by atoms with E-state index in [1.165, 1.54) is 23.6 Å². The Labute approximate surface area is 109 Å². The number of ether oxygens (including phenoxy) is 1. The van der Waals surface area contributed by atoms with Gasteiger partial charge in [-0.05, 0) is 18.9 Å². The maximum atomic E-state index is 13.5. The van der Waals surface area contributed by atoms with Crippen molar-refractivity contribution < 1.29 is 9.13 Å². The number of hydrogen-bond donors (Lipinski definition) is 0. The maximum Gasteiger partial charge on any atom is 0.287 e. The van der Waals surface area contributed by atoms with E-state index in [-0.39, 0.29) is 6.54 Å². The largest absolute Gasteiger partial charge is 0.495 e. The van der Waals surface area contributed by atoms with Gasteiger partial charge in [0, 0.05) is 24.5 Å². The summed E-state index contributed by atoms with van der Waals surface area (Å²) in [6, 6.07) is 3.06. The summed E-state index contributed by atoms with van der Waals surface area (Å²) in [7, 11) is 1.44. The summed E-state index contributed by atoms with van der Waals surface area (Å²) in [5.41, 5.74) is 1.28. The van der Waals surface area contributed by atoms with Crippen LogP contribution in [0, 0.1) is 5.82 Å². The molecule has 3 rings (SSSR count). The van der Waals surface area contributed by atoms with Crippen LogP contribution in [0.5, 0.6) is 5.75 Å². The molecule has 0 aromatic carbocycles. The van der Waals surface area contributed by atoms with Gasteiger partial charge >= 0.3 is 0 Å². The number of aromatic nitrogens is 3. The molecule has 1 aliphatic rings. The van der Waals surface area contributed by atoms with Gasteiger partial charge in [-0.3, -0.25) is 9.48 Å². The van der Waals surface area contributed by atoms with Crippen LogP contribution in [0.15, 0.2) is 23.1 Å². The van der Waals surface area contributed by atoms with E-state index in [0.717, 1.165) is 31.1 Å². The molecule has 6 heteroatoms. The van der Waals surface area contributed by atoms with Gasteiger partial charge in [-0.2, -0.15) is 5.10 Å². The van der Waals surface area contributed by atoms with Gasteiger partial charge < -0.3 is 9.30 Å². The van der Waals surface area contributed by atoms with Crippen molar-refractivity contribution in [3.63, 3.8) is 0 Å². The zero-order valence-electron chi connectivity index (χ0n) is 10.6. The summed E-state index contributed by atoms with van der Waals surface area (Å²) in [6.45, 7) is 1.17. The molecule has 5 nitrogen and oxygen atoms in total. The molecule has 0 spiro atoms. The van der Waals surface area contributed by atoms with Crippen molar-refractivity contribution in [3.8, 4) is 5.75 Å². The van der Waals surface area contributed by atoms with Gasteiger partial charge in [-0.25, -0.2) is 4.39 Å². The Kier molecular flexibility index (Phi) is 2.85. The number of fused-ring (bicyclic) bond motifs is 1. The van der Waals surface area contributed by atoms with Crippen molar-refractivity contribution >= 4 is 0 Å². The Bertz CT molecular complexity index is 654. The second-order valence-corrected chi connectivity index (χ2v) is 4.61. The normalized spacial score (nSPS) is 13.6. The molecule has 100 valence electrons. The molecule has 19 heavy (non-hydrogen) atoms. The van der Waals surface area contributed by atoms with Gasteiger partial charge in [-0.1, -0.05) is 0 Å². The Morgan fingerprint density at radius 2 is 2.32 bits per heavy atom. The lowest BCUT2D eigenvalue weighted by Crippen LogP contribution is -2.23. The van der Waals surface area contributed by atoms with Crippen LogP contribution in [0.25, 0.3) is 0 Å². The van der Waals surface area contributed by atoms with E-state index in [2.05, 4.69) is 5.10 Å². The fourth-order valence-electron chi connectivity index (χ4n) is 2.37. The molecule has 0 saturated carbocycles. The Hall–Kier alpha value is -2.11. The van der Waals surface area contributed by atoms with Crippen LogP contribution >= 0.6 is 0 Å². The van der Waals surface area contributed by atoms with Gasteiger partial charge in [-0.15, -0.1) is 0 Å². The molecule has 2 aromatic heterocycles. The first-order valence-corrected chi connectivity index (χ1v) is 6.17. The molecule has 0 saturated heterocycles. The second kappa shape index (κ2) is 4.53. The number of rotatable bonds is 3. The predicted octanol–water partition coefficient (Wildman–Crippen LogP) is 1.19. The zero-order chi connectivity index (χ0) is 13.4. The van der Waals surface area contributed by atoms with E-state index >= 15 is 0 Å². The van der Waals surface area contributed by atoms with E-state index < -0.39 is 11.4 Å². The quantitative estimate of drug-likeness (QED) is 0.835. The second-order valence-electron chi connectivity index (χ2n) is 4.61. The van der Waals surface area contributed by atoms with Gasteiger partial charge in [0.1, 0.15) is 5.75 Å². The molecular weight excluding hydrogens is 249 g/mol. The van der Waals surface area contributed by atoms with Crippen LogP contribution < -0.4 is 10.3 Å². The monoisotopic (exact) mass is 263 g/mol. The van der Waals surface area contributed by atoms with E-state index in [0.29, 0.717) is 5.75 Å².